The Labute approximate surface area is 113 Å². The molecule has 0 heterocycles. The molecular formula is C12H18N2O4S. The van der Waals surface area contributed by atoms with Gasteiger partial charge < -0.3 is 5.11 Å². The number of benzene rings is 1. The van der Waals surface area contributed by atoms with Gasteiger partial charge in [-0.2, -0.15) is 13.1 Å². The Morgan fingerprint density at radius 3 is 2.32 bits per heavy atom. The third kappa shape index (κ3) is 4.88. The van der Waals surface area contributed by atoms with E-state index in [9.17, 15) is 13.2 Å². The predicted molar refractivity (Wildman–Crippen MR) is 73.6 cm³/mol. The van der Waals surface area contributed by atoms with E-state index in [2.05, 4.69) is 9.44 Å². The van der Waals surface area contributed by atoms with E-state index in [-0.39, 0.29) is 11.3 Å². The van der Waals surface area contributed by atoms with E-state index < -0.39 is 21.7 Å². The summed E-state index contributed by atoms with van der Waals surface area (Å²) in [6.07, 6.45) is 0. The van der Waals surface area contributed by atoms with Crippen LogP contribution in [-0.2, 0) is 10.2 Å². The lowest BCUT2D eigenvalue weighted by Gasteiger charge is -2.21. The number of aromatic carboxylic acids is 1. The monoisotopic (exact) mass is 286 g/mol. The Kier molecular flexibility index (Phi) is 4.21. The number of carbonyl (C=O) groups is 1. The molecule has 0 aliphatic rings. The van der Waals surface area contributed by atoms with E-state index in [1.165, 1.54) is 12.1 Å². The molecule has 0 saturated carbocycles. The fourth-order valence-electron chi connectivity index (χ4n) is 1.50. The van der Waals surface area contributed by atoms with Crippen molar-refractivity contribution in [2.45, 2.75) is 33.2 Å². The molecule has 1 aromatic carbocycles. The molecule has 0 spiro atoms. The van der Waals surface area contributed by atoms with E-state index >= 15 is 0 Å². The van der Waals surface area contributed by atoms with Gasteiger partial charge in [0, 0.05) is 5.54 Å². The van der Waals surface area contributed by atoms with Crippen molar-refractivity contribution in [1.29, 1.82) is 0 Å². The van der Waals surface area contributed by atoms with Crippen LogP contribution < -0.4 is 9.44 Å². The van der Waals surface area contributed by atoms with Crippen LogP contribution in [0.5, 0.6) is 0 Å². The molecule has 0 atom stereocenters. The maximum Gasteiger partial charge on any atom is 0.336 e. The maximum atomic E-state index is 11.8. The van der Waals surface area contributed by atoms with Crippen molar-refractivity contribution in [3.8, 4) is 0 Å². The largest absolute Gasteiger partial charge is 0.478 e. The molecule has 0 saturated heterocycles. The smallest absolute Gasteiger partial charge is 0.336 e. The zero-order valence-corrected chi connectivity index (χ0v) is 12.1. The highest BCUT2D eigenvalue weighted by Crippen LogP contribution is 2.16. The molecule has 0 unspecified atom stereocenters. The third-order valence-electron chi connectivity index (χ3n) is 2.16. The molecule has 0 amide bonds. The average molecular weight is 286 g/mol. The summed E-state index contributed by atoms with van der Waals surface area (Å²) in [5.74, 6) is -1.10. The second-order valence-corrected chi connectivity index (χ2v) is 6.71. The van der Waals surface area contributed by atoms with Crippen molar-refractivity contribution in [2.24, 2.45) is 0 Å². The van der Waals surface area contributed by atoms with Crippen molar-refractivity contribution in [1.82, 2.24) is 4.72 Å². The summed E-state index contributed by atoms with van der Waals surface area (Å²) in [5.41, 5.74) is 0.224. The van der Waals surface area contributed by atoms with Crippen molar-refractivity contribution in [2.75, 3.05) is 4.72 Å². The fourth-order valence-corrected chi connectivity index (χ4v) is 2.79. The van der Waals surface area contributed by atoms with Gasteiger partial charge in [0.2, 0.25) is 0 Å². The molecule has 1 rings (SSSR count). The first-order valence-corrected chi connectivity index (χ1v) is 7.14. The number of hydrogen-bond acceptors (Lipinski definition) is 3. The summed E-state index contributed by atoms with van der Waals surface area (Å²) in [7, 11) is -3.74. The van der Waals surface area contributed by atoms with Crippen LogP contribution in [-0.4, -0.2) is 25.0 Å². The van der Waals surface area contributed by atoms with E-state index in [1.807, 2.05) is 0 Å². The van der Waals surface area contributed by atoms with Gasteiger partial charge in [-0.25, -0.2) is 4.79 Å². The van der Waals surface area contributed by atoms with Crippen LogP contribution in [0.1, 0.15) is 36.7 Å². The van der Waals surface area contributed by atoms with E-state index in [4.69, 9.17) is 5.11 Å². The van der Waals surface area contributed by atoms with Crippen LogP contribution in [0.25, 0.3) is 0 Å². The number of hydrogen-bond donors (Lipinski definition) is 3. The van der Waals surface area contributed by atoms with E-state index in [0.29, 0.717) is 5.56 Å². The minimum atomic E-state index is -3.74. The van der Waals surface area contributed by atoms with Gasteiger partial charge in [-0.15, -0.1) is 0 Å². The molecule has 106 valence electrons. The molecule has 6 nitrogen and oxygen atoms in total. The van der Waals surface area contributed by atoms with Gasteiger partial charge in [-0.05, 0) is 45.4 Å². The number of anilines is 1. The summed E-state index contributed by atoms with van der Waals surface area (Å²) in [6, 6.07) is 4.36. The van der Waals surface area contributed by atoms with Gasteiger partial charge in [-0.3, -0.25) is 4.72 Å². The highest BCUT2D eigenvalue weighted by Gasteiger charge is 2.20. The minimum absolute atomic E-state index is 0.0657. The number of rotatable bonds is 4. The van der Waals surface area contributed by atoms with Crippen molar-refractivity contribution >= 4 is 21.9 Å². The van der Waals surface area contributed by atoms with E-state index in [0.717, 1.165) is 0 Å². The molecule has 3 N–H and O–H groups in total. The van der Waals surface area contributed by atoms with Crippen molar-refractivity contribution < 1.29 is 18.3 Å². The summed E-state index contributed by atoms with van der Waals surface area (Å²) < 4.78 is 28.3. The van der Waals surface area contributed by atoms with Gasteiger partial charge in [-0.1, -0.05) is 6.07 Å². The number of carboxylic acid groups (broad SMARTS) is 1. The van der Waals surface area contributed by atoms with Crippen LogP contribution in [0, 0.1) is 6.92 Å². The summed E-state index contributed by atoms with van der Waals surface area (Å²) >= 11 is 0. The van der Waals surface area contributed by atoms with Gasteiger partial charge in [0.05, 0.1) is 11.3 Å². The number of nitrogens with one attached hydrogen (secondary N) is 2. The average Bonchev–Trinajstić information content (AvgIpc) is 2.16. The predicted octanol–water partition coefficient (Wildman–Crippen LogP) is 1.74. The second kappa shape index (κ2) is 5.18. The molecular weight excluding hydrogens is 268 g/mol. The lowest BCUT2D eigenvalue weighted by molar-refractivity contribution is 0.0696. The molecule has 0 aromatic heterocycles. The normalized spacial score (nSPS) is 12.2. The molecule has 0 fully saturated rings. The van der Waals surface area contributed by atoms with Crippen LogP contribution in [0.3, 0.4) is 0 Å². The van der Waals surface area contributed by atoms with Crippen molar-refractivity contribution in [3.63, 3.8) is 0 Å². The highest BCUT2D eigenvalue weighted by molar-refractivity contribution is 7.90. The Balaban J connectivity index is 3.01. The van der Waals surface area contributed by atoms with E-state index in [1.54, 1.807) is 33.8 Å². The minimum Gasteiger partial charge on any atom is -0.478 e. The zero-order valence-electron chi connectivity index (χ0n) is 11.3. The van der Waals surface area contributed by atoms with Crippen LogP contribution >= 0.6 is 0 Å². The third-order valence-corrected chi connectivity index (χ3v) is 3.55. The van der Waals surface area contributed by atoms with Crippen molar-refractivity contribution in [3.05, 3.63) is 29.3 Å². The van der Waals surface area contributed by atoms with Gasteiger partial charge in [0.1, 0.15) is 0 Å². The molecule has 0 aliphatic heterocycles. The highest BCUT2D eigenvalue weighted by atomic mass is 32.2. The fraction of sp³-hybridized carbons (Fsp3) is 0.417. The van der Waals surface area contributed by atoms with Gasteiger partial charge in [0.15, 0.2) is 0 Å². The first-order valence-electron chi connectivity index (χ1n) is 5.66. The lowest BCUT2D eigenvalue weighted by Crippen LogP contribution is -2.43. The Hall–Kier alpha value is -1.60. The summed E-state index contributed by atoms with van der Waals surface area (Å²) in [4.78, 5) is 11.0. The maximum absolute atomic E-state index is 11.8. The topological polar surface area (TPSA) is 95.5 Å². The lowest BCUT2D eigenvalue weighted by atomic mass is 10.1. The SMILES string of the molecule is Cc1ccc(NS(=O)(=O)NC(C)(C)C)cc1C(=O)O. The van der Waals surface area contributed by atoms with Gasteiger partial charge >= 0.3 is 5.97 Å². The molecule has 7 heteroatoms. The quantitative estimate of drug-likeness (QED) is 0.785. The summed E-state index contributed by atoms with van der Waals surface area (Å²) in [5, 5.41) is 8.98. The Morgan fingerprint density at radius 1 is 1.26 bits per heavy atom. The zero-order chi connectivity index (χ0) is 14.8. The Morgan fingerprint density at radius 2 is 1.84 bits per heavy atom. The van der Waals surface area contributed by atoms with Gasteiger partial charge in [0.25, 0.3) is 10.2 Å². The number of aryl methyl sites for hydroxylation is 1. The Bertz CT molecular complexity index is 588. The van der Waals surface area contributed by atoms with Crippen LogP contribution in [0.2, 0.25) is 0 Å². The molecule has 19 heavy (non-hydrogen) atoms. The molecule has 1 aromatic rings. The standard InChI is InChI=1S/C12H18N2O4S/c1-8-5-6-9(7-10(8)11(15)16)13-19(17,18)14-12(2,3)4/h5-7,13-14H,1-4H3,(H,15,16). The second-order valence-electron chi connectivity index (χ2n) is 5.29. The summed E-state index contributed by atoms with van der Waals surface area (Å²) in [6.45, 7) is 6.79. The molecule has 0 bridgehead atoms. The van der Waals surface area contributed by atoms with Crippen LogP contribution in [0.4, 0.5) is 5.69 Å². The number of carboxylic acids is 1. The van der Waals surface area contributed by atoms with Crippen LogP contribution in [0.15, 0.2) is 18.2 Å². The first-order chi connectivity index (χ1) is 8.50. The molecule has 0 aliphatic carbocycles. The first kappa shape index (κ1) is 15.5. The molecule has 0 radical (unpaired) electrons.